The molecule has 5 N–H and O–H groups in total. The average Bonchev–Trinajstić information content (AvgIpc) is 2.90. The van der Waals surface area contributed by atoms with E-state index < -0.39 is 42.9 Å². The Morgan fingerprint density at radius 3 is 2.30 bits per heavy atom. The van der Waals surface area contributed by atoms with Crippen LogP contribution >= 0.6 is 0 Å². The molecule has 0 radical (unpaired) electrons. The molecule has 0 aromatic carbocycles. The molecular formula is C26H44O7. The summed E-state index contributed by atoms with van der Waals surface area (Å²) in [6, 6.07) is 0. The van der Waals surface area contributed by atoms with Gasteiger partial charge in [-0.05, 0) is 92.3 Å². The SMILES string of the molecule is CC1(C)C[C@@H](O[C@@H]2O[C@H](CO)[C@@H](O)[C@@H](O)[C@H]2O)C[C@@]2(C)[C@H]1CC[C@]13C[C@@H](CC[C@@H]12)[C@@](C)(O)C3. The fraction of sp³-hybridized carbons (Fsp3) is 1.00. The largest absolute Gasteiger partial charge is 0.394 e. The van der Waals surface area contributed by atoms with Gasteiger partial charge < -0.3 is 35.0 Å². The zero-order valence-corrected chi connectivity index (χ0v) is 20.6. The van der Waals surface area contributed by atoms with Crippen LogP contribution in [-0.2, 0) is 9.47 Å². The molecule has 190 valence electrons. The molecule has 4 saturated carbocycles. The van der Waals surface area contributed by atoms with Gasteiger partial charge in [0.25, 0.3) is 0 Å². The molecule has 0 unspecified atom stereocenters. The molecule has 5 fully saturated rings. The number of fused-ring (bicyclic) bond motifs is 3. The Bertz CT molecular complexity index is 753. The molecule has 1 aliphatic heterocycles. The van der Waals surface area contributed by atoms with Gasteiger partial charge >= 0.3 is 0 Å². The minimum atomic E-state index is -1.42. The molecule has 4 aliphatic carbocycles. The van der Waals surface area contributed by atoms with Gasteiger partial charge in [-0.1, -0.05) is 20.8 Å². The number of aliphatic hydroxyl groups is 5. The third-order valence-electron chi connectivity index (χ3n) is 10.8. The van der Waals surface area contributed by atoms with E-state index in [0.717, 1.165) is 38.5 Å². The first-order valence-electron chi connectivity index (χ1n) is 13.0. The topological polar surface area (TPSA) is 120 Å². The van der Waals surface area contributed by atoms with Crippen LogP contribution < -0.4 is 0 Å². The highest BCUT2D eigenvalue weighted by atomic mass is 16.7. The van der Waals surface area contributed by atoms with E-state index in [2.05, 4.69) is 20.8 Å². The van der Waals surface area contributed by atoms with Crippen molar-refractivity contribution >= 4 is 0 Å². The van der Waals surface area contributed by atoms with Gasteiger partial charge in [-0.2, -0.15) is 0 Å². The van der Waals surface area contributed by atoms with Crippen molar-refractivity contribution in [1.29, 1.82) is 0 Å². The van der Waals surface area contributed by atoms with Crippen LogP contribution in [-0.4, -0.2) is 74.6 Å². The first kappa shape index (κ1) is 24.4. The van der Waals surface area contributed by atoms with Gasteiger partial charge in [-0.15, -0.1) is 0 Å². The number of hydrogen-bond acceptors (Lipinski definition) is 7. The number of aliphatic hydroxyl groups excluding tert-OH is 4. The first-order chi connectivity index (χ1) is 15.3. The van der Waals surface area contributed by atoms with Crippen molar-refractivity contribution in [3.05, 3.63) is 0 Å². The summed E-state index contributed by atoms with van der Waals surface area (Å²) in [5.41, 5.74) is -0.247. The molecule has 5 rings (SSSR count). The smallest absolute Gasteiger partial charge is 0.186 e. The van der Waals surface area contributed by atoms with E-state index >= 15 is 0 Å². The van der Waals surface area contributed by atoms with Crippen LogP contribution in [0.5, 0.6) is 0 Å². The molecule has 5 aliphatic rings. The summed E-state index contributed by atoms with van der Waals surface area (Å²) in [6.45, 7) is 8.67. The van der Waals surface area contributed by atoms with E-state index in [9.17, 15) is 25.5 Å². The molecular weight excluding hydrogens is 424 g/mol. The van der Waals surface area contributed by atoms with Crippen molar-refractivity contribution in [2.75, 3.05) is 6.61 Å². The Hall–Kier alpha value is -0.280. The molecule has 1 spiro atoms. The van der Waals surface area contributed by atoms with E-state index in [0.29, 0.717) is 17.8 Å². The minimum Gasteiger partial charge on any atom is -0.394 e. The quantitative estimate of drug-likeness (QED) is 0.402. The highest BCUT2D eigenvalue weighted by Gasteiger charge is 2.67. The molecule has 0 aromatic rings. The van der Waals surface area contributed by atoms with E-state index in [1.165, 1.54) is 12.8 Å². The lowest BCUT2D eigenvalue weighted by atomic mass is 9.41. The van der Waals surface area contributed by atoms with E-state index in [1.54, 1.807) is 0 Å². The fourth-order valence-corrected chi connectivity index (χ4v) is 9.72. The number of hydrogen-bond donors (Lipinski definition) is 5. The van der Waals surface area contributed by atoms with Gasteiger partial charge in [-0.25, -0.2) is 0 Å². The maximum Gasteiger partial charge on any atom is 0.186 e. The number of ether oxygens (including phenoxy) is 2. The minimum absolute atomic E-state index is 0.0470. The average molecular weight is 469 g/mol. The Kier molecular flexibility index (Phi) is 5.81. The molecule has 2 bridgehead atoms. The van der Waals surface area contributed by atoms with Crippen LogP contribution in [0.4, 0.5) is 0 Å². The third kappa shape index (κ3) is 3.64. The lowest BCUT2D eigenvalue weighted by molar-refractivity contribution is -0.322. The van der Waals surface area contributed by atoms with Crippen LogP contribution in [0, 0.1) is 34.0 Å². The van der Waals surface area contributed by atoms with Crippen LogP contribution in [0.25, 0.3) is 0 Å². The van der Waals surface area contributed by atoms with Crippen molar-refractivity contribution in [2.45, 2.75) is 121 Å². The lowest BCUT2D eigenvalue weighted by Crippen LogP contribution is -2.62. The Morgan fingerprint density at radius 1 is 0.879 bits per heavy atom. The standard InChI is InChI=1S/C26H44O7/c1-23(2)10-15(32-22-21(30)20(29)19(28)16(12-27)33-22)11-24(3)17(23)7-8-26-9-14(5-6-18(24)26)25(4,31)13-26/h14-22,27-31H,5-13H2,1-4H3/t14-,15-,16-,17+,18-,19-,20-,21-,22-,24+,25+,26-/m1/s1. The summed E-state index contributed by atoms with van der Waals surface area (Å²) in [7, 11) is 0. The summed E-state index contributed by atoms with van der Waals surface area (Å²) < 4.78 is 12.0. The van der Waals surface area contributed by atoms with Crippen LogP contribution in [0.1, 0.15) is 79.1 Å². The highest BCUT2D eigenvalue weighted by molar-refractivity contribution is 5.16. The molecule has 12 atom stereocenters. The van der Waals surface area contributed by atoms with E-state index in [4.69, 9.17) is 9.47 Å². The summed E-state index contributed by atoms with van der Waals surface area (Å²) in [5, 5.41) is 51.6. The number of rotatable bonds is 3. The van der Waals surface area contributed by atoms with Crippen LogP contribution in [0.15, 0.2) is 0 Å². The molecule has 7 nitrogen and oxygen atoms in total. The van der Waals surface area contributed by atoms with Crippen LogP contribution in [0.3, 0.4) is 0 Å². The van der Waals surface area contributed by atoms with Gasteiger partial charge in [0, 0.05) is 0 Å². The monoisotopic (exact) mass is 468 g/mol. The lowest BCUT2D eigenvalue weighted by Gasteiger charge is -2.65. The summed E-state index contributed by atoms with van der Waals surface area (Å²) in [5.74, 6) is 1.51. The second-order valence-electron chi connectivity index (χ2n) is 13.4. The maximum atomic E-state index is 11.1. The second kappa shape index (κ2) is 7.86. The molecule has 33 heavy (non-hydrogen) atoms. The van der Waals surface area contributed by atoms with Crippen molar-refractivity contribution in [1.82, 2.24) is 0 Å². The van der Waals surface area contributed by atoms with Gasteiger partial charge in [0.2, 0.25) is 0 Å². The Morgan fingerprint density at radius 2 is 1.61 bits per heavy atom. The molecule has 0 amide bonds. The van der Waals surface area contributed by atoms with Gasteiger partial charge in [-0.3, -0.25) is 0 Å². The zero-order valence-electron chi connectivity index (χ0n) is 20.6. The van der Waals surface area contributed by atoms with E-state index in [1.807, 2.05) is 6.92 Å². The van der Waals surface area contributed by atoms with Crippen molar-refractivity contribution in [3.8, 4) is 0 Å². The van der Waals surface area contributed by atoms with Crippen molar-refractivity contribution in [3.63, 3.8) is 0 Å². The summed E-state index contributed by atoms with van der Waals surface area (Å²) in [4.78, 5) is 0. The van der Waals surface area contributed by atoms with Gasteiger partial charge in [0.15, 0.2) is 6.29 Å². The first-order valence-corrected chi connectivity index (χ1v) is 13.0. The van der Waals surface area contributed by atoms with Gasteiger partial charge in [0.1, 0.15) is 24.4 Å². The molecule has 1 saturated heterocycles. The molecule has 1 heterocycles. The zero-order chi connectivity index (χ0) is 24.0. The summed E-state index contributed by atoms with van der Waals surface area (Å²) >= 11 is 0. The second-order valence-corrected chi connectivity index (χ2v) is 13.4. The Balaban J connectivity index is 1.40. The Labute approximate surface area is 197 Å². The summed E-state index contributed by atoms with van der Waals surface area (Å²) in [6.07, 6.45) is 1.97. The molecule has 7 heteroatoms. The van der Waals surface area contributed by atoms with Crippen molar-refractivity contribution < 1.29 is 35.0 Å². The van der Waals surface area contributed by atoms with Crippen molar-refractivity contribution in [2.24, 2.45) is 34.0 Å². The van der Waals surface area contributed by atoms with Crippen LogP contribution in [0.2, 0.25) is 0 Å². The normalized spacial score (nSPS) is 57.9. The van der Waals surface area contributed by atoms with E-state index in [-0.39, 0.29) is 22.3 Å². The maximum absolute atomic E-state index is 11.1. The third-order valence-corrected chi connectivity index (χ3v) is 10.8. The highest BCUT2D eigenvalue weighted by Crippen LogP contribution is 2.73. The van der Waals surface area contributed by atoms with Gasteiger partial charge in [0.05, 0.1) is 18.3 Å². The predicted molar refractivity (Wildman–Crippen MR) is 121 cm³/mol. The predicted octanol–water partition coefficient (Wildman–Crippen LogP) is 1.97. The molecule has 0 aromatic heterocycles. The fourth-order valence-electron chi connectivity index (χ4n) is 9.72.